The molecule has 9 heteroatoms. The number of nitriles is 1. The molecular formula is C22H29N9. The van der Waals surface area contributed by atoms with Crippen LogP contribution in [0.3, 0.4) is 0 Å². The molecule has 9 nitrogen and oxygen atoms in total. The van der Waals surface area contributed by atoms with E-state index >= 15 is 0 Å². The number of nitrogens with zero attached hydrogens (tertiary/aromatic N) is 6. The van der Waals surface area contributed by atoms with E-state index in [0.717, 1.165) is 23.1 Å². The summed E-state index contributed by atoms with van der Waals surface area (Å²) in [6.45, 7) is 9.13. The zero-order valence-corrected chi connectivity index (χ0v) is 18.4. The van der Waals surface area contributed by atoms with Gasteiger partial charge in [0.15, 0.2) is 11.5 Å². The minimum atomic E-state index is 0.183. The van der Waals surface area contributed by atoms with Crippen LogP contribution >= 0.6 is 0 Å². The van der Waals surface area contributed by atoms with Crippen molar-refractivity contribution in [2.45, 2.75) is 40.2 Å². The van der Waals surface area contributed by atoms with Crippen molar-refractivity contribution in [1.29, 1.82) is 5.26 Å². The number of rotatable bonds is 8. The Morgan fingerprint density at radius 2 is 2.00 bits per heavy atom. The monoisotopic (exact) mass is 419 g/mol. The molecule has 0 saturated carbocycles. The first-order valence-electron chi connectivity index (χ1n) is 10.3. The topological polar surface area (TPSA) is 135 Å². The molecule has 0 saturated heterocycles. The lowest BCUT2D eigenvalue weighted by Gasteiger charge is -2.19. The number of hydrogen-bond donors (Lipinski definition) is 3. The molecule has 0 unspecified atom stereocenters. The highest BCUT2D eigenvalue weighted by Crippen LogP contribution is 2.25. The second-order valence-electron chi connectivity index (χ2n) is 8.20. The molecule has 0 amide bonds. The van der Waals surface area contributed by atoms with Gasteiger partial charge in [-0.05, 0) is 32.3 Å². The number of nitrogens with one attached hydrogen (secondary N) is 1. The first kappa shape index (κ1) is 22.1. The molecule has 0 aliphatic heterocycles. The fourth-order valence-corrected chi connectivity index (χ4v) is 3.09. The summed E-state index contributed by atoms with van der Waals surface area (Å²) in [4.78, 5) is 8.93. The van der Waals surface area contributed by atoms with E-state index in [1.165, 1.54) is 6.20 Å². The maximum atomic E-state index is 9.08. The first-order chi connectivity index (χ1) is 14.8. The molecule has 0 atom stereocenters. The molecule has 3 aromatic heterocycles. The lowest BCUT2D eigenvalue weighted by atomic mass is 10.1. The third kappa shape index (κ3) is 5.29. The molecule has 0 fully saturated rings. The summed E-state index contributed by atoms with van der Waals surface area (Å²) >= 11 is 0. The van der Waals surface area contributed by atoms with Crippen LogP contribution in [-0.2, 0) is 0 Å². The van der Waals surface area contributed by atoms with Crippen LogP contribution in [0.4, 0.5) is 5.69 Å². The molecule has 3 aromatic rings. The molecule has 31 heavy (non-hydrogen) atoms. The van der Waals surface area contributed by atoms with Crippen molar-refractivity contribution in [3.05, 3.63) is 48.1 Å². The Kier molecular flexibility index (Phi) is 6.72. The average molecular weight is 420 g/mol. The summed E-state index contributed by atoms with van der Waals surface area (Å²) in [5, 5.41) is 19.3. The van der Waals surface area contributed by atoms with Crippen LogP contribution < -0.4 is 16.9 Å². The van der Waals surface area contributed by atoms with Gasteiger partial charge in [0, 0.05) is 53.9 Å². The number of hydrogen-bond acceptors (Lipinski definition) is 8. The zero-order valence-electron chi connectivity index (χ0n) is 18.4. The summed E-state index contributed by atoms with van der Waals surface area (Å²) in [6, 6.07) is 5.91. The van der Waals surface area contributed by atoms with Crippen molar-refractivity contribution in [3.63, 3.8) is 0 Å². The highest BCUT2D eigenvalue weighted by molar-refractivity contribution is 5.79. The van der Waals surface area contributed by atoms with Gasteiger partial charge in [0.1, 0.15) is 6.07 Å². The number of aromatic nitrogens is 4. The van der Waals surface area contributed by atoms with Gasteiger partial charge < -0.3 is 16.1 Å². The van der Waals surface area contributed by atoms with Crippen LogP contribution in [0, 0.1) is 17.2 Å². The van der Waals surface area contributed by atoms with Crippen molar-refractivity contribution < 1.29 is 0 Å². The van der Waals surface area contributed by atoms with Gasteiger partial charge >= 0.3 is 0 Å². The van der Waals surface area contributed by atoms with Crippen molar-refractivity contribution in [3.8, 4) is 11.9 Å². The lowest BCUT2D eigenvalue weighted by Crippen LogP contribution is -2.28. The summed E-state index contributed by atoms with van der Waals surface area (Å²) in [6.07, 6.45) is 7.61. The molecule has 162 valence electrons. The largest absolute Gasteiger partial charge is 0.397 e. The second kappa shape index (κ2) is 9.45. The van der Waals surface area contributed by atoms with Crippen molar-refractivity contribution >= 4 is 22.4 Å². The summed E-state index contributed by atoms with van der Waals surface area (Å²) < 4.78 is 1.64. The minimum Gasteiger partial charge on any atom is -0.397 e. The highest BCUT2D eigenvalue weighted by atomic mass is 15.4. The van der Waals surface area contributed by atoms with Crippen molar-refractivity contribution in [2.75, 3.05) is 11.9 Å². The molecule has 3 heterocycles. The van der Waals surface area contributed by atoms with Gasteiger partial charge in [0.25, 0.3) is 0 Å². The van der Waals surface area contributed by atoms with E-state index < -0.39 is 0 Å². The molecule has 0 aliphatic rings. The standard InChI is InChI=1S/C22H29N9/c1-14(2)5-6-30(25)13-19(24)18-12-26-21(8-20(18)29-15(3)4)31-22-17(11-28-31)7-16(9-23)10-27-22/h7-8,10-15H,5-6,24-25H2,1-4H3,(H,26,29)/b19-13-. The van der Waals surface area contributed by atoms with Gasteiger partial charge in [0.2, 0.25) is 0 Å². The molecular weight excluding hydrogens is 390 g/mol. The number of nitrogens with two attached hydrogens (primary N) is 2. The van der Waals surface area contributed by atoms with Crippen LogP contribution in [0.15, 0.2) is 36.9 Å². The first-order valence-corrected chi connectivity index (χ1v) is 10.3. The fourth-order valence-electron chi connectivity index (χ4n) is 3.09. The van der Waals surface area contributed by atoms with Crippen LogP contribution in [0.25, 0.3) is 22.5 Å². The van der Waals surface area contributed by atoms with E-state index in [-0.39, 0.29) is 6.04 Å². The molecule has 0 bridgehead atoms. The van der Waals surface area contributed by atoms with E-state index in [4.69, 9.17) is 16.8 Å². The van der Waals surface area contributed by atoms with Crippen LogP contribution in [0.1, 0.15) is 45.2 Å². The Morgan fingerprint density at radius 3 is 2.68 bits per heavy atom. The predicted octanol–water partition coefficient (Wildman–Crippen LogP) is 2.99. The maximum Gasteiger partial charge on any atom is 0.164 e. The molecule has 5 N–H and O–H groups in total. The van der Waals surface area contributed by atoms with E-state index in [0.29, 0.717) is 35.2 Å². The molecule has 0 spiro atoms. The number of hydrazine groups is 1. The Morgan fingerprint density at radius 1 is 1.23 bits per heavy atom. The summed E-state index contributed by atoms with van der Waals surface area (Å²) in [5.41, 5.74) is 9.58. The third-order valence-corrected chi connectivity index (χ3v) is 4.67. The second-order valence-corrected chi connectivity index (χ2v) is 8.20. The van der Waals surface area contributed by atoms with Gasteiger partial charge in [-0.15, -0.1) is 0 Å². The van der Waals surface area contributed by atoms with Gasteiger partial charge in [-0.2, -0.15) is 15.0 Å². The van der Waals surface area contributed by atoms with E-state index in [1.54, 1.807) is 34.4 Å². The molecule has 3 rings (SSSR count). The van der Waals surface area contributed by atoms with E-state index in [2.05, 4.69) is 54.1 Å². The molecule has 0 aromatic carbocycles. The Labute approximate surface area is 182 Å². The van der Waals surface area contributed by atoms with E-state index in [1.807, 2.05) is 6.07 Å². The van der Waals surface area contributed by atoms with Crippen LogP contribution in [0.5, 0.6) is 0 Å². The Balaban J connectivity index is 1.98. The highest BCUT2D eigenvalue weighted by Gasteiger charge is 2.14. The smallest absolute Gasteiger partial charge is 0.164 e. The average Bonchev–Trinajstić information content (AvgIpc) is 3.14. The van der Waals surface area contributed by atoms with Crippen molar-refractivity contribution in [1.82, 2.24) is 24.8 Å². The number of fused-ring (bicyclic) bond motifs is 1. The molecule has 0 radical (unpaired) electrons. The Bertz CT molecular complexity index is 1120. The zero-order chi connectivity index (χ0) is 22.5. The Hall–Kier alpha value is -3.64. The maximum absolute atomic E-state index is 9.08. The van der Waals surface area contributed by atoms with Crippen LogP contribution in [0.2, 0.25) is 0 Å². The quantitative estimate of drug-likeness (QED) is 0.375. The minimum absolute atomic E-state index is 0.183. The predicted molar refractivity (Wildman–Crippen MR) is 123 cm³/mol. The van der Waals surface area contributed by atoms with Crippen molar-refractivity contribution in [2.24, 2.45) is 17.5 Å². The van der Waals surface area contributed by atoms with Gasteiger partial charge in [-0.1, -0.05) is 13.8 Å². The number of pyridine rings is 2. The fraction of sp³-hybridized carbons (Fsp3) is 0.364. The SMILES string of the molecule is CC(C)CCN(N)/C=C(\N)c1cnc(-n2ncc3cc(C#N)cnc32)cc1NC(C)C. The van der Waals surface area contributed by atoms with Gasteiger partial charge in [0.05, 0.1) is 17.5 Å². The number of anilines is 1. The molecule has 0 aliphatic carbocycles. The van der Waals surface area contributed by atoms with Gasteiger partial charge in [-0.25, -0.2) is 15.8 Å². The lowest BCUT2D eigenvalue weighted by molar-refractivity contribution is 0.359. The third-order valence-electron chi connectivity index (χ3n) is 4.67. The van der Waals surface area contributed by atoms with E-state index in [9.17, 15) is 0 Å². The normalized spacial score (nSPS) is 11.9. The van der Waals surface area contributed by atoms with Crippen LogP contribution in [-0.4, -0.2) is 37.3 Å². The summed E-state index contributed by atoms with van der Waals surface area (Å²) in [5.74, 6) is 7.25. The summed E-state index contributed by atoms with van der Waals surface area (Å²) in [7, 11) is 0. The van der Waals surface area contributed by atoms with Gasteiger partial charge in [-0.3, -0.25) is 0 Å².